The fraction of sp³-hybridized carbons (Fsp3) is 0.350. The largest absolute Gasteiger partial charge is 0.349 e. The normalized spacial score (nSPS) is 20.6. The highest BCUT2D eigenvalue weighted by Gasteiger charge is 2.22. The molecule has 0 spiro atoms. The van der Waals surface area contributed by atoms with E-state index in [4.69, 9.17) is 5.73 Å². The lowest BCUT2D eigenvalue weighted by Gasteiger charge is -2.26. The van der Waals surface area contributed by atoms with Crippen LogP contribution in [0, 0.1) is 12.7 Å². The van der Waals surface area contributed by atoms with Crippen molar-refractivity contribution in [3.8, 4) is 11.1 Å². The zero-order chi connectivity index (χ0) is 17.1. The summed E-state index contributed by atoms with van der Waals surface area (Å²) < 4.78 is 14.4. The van der Waals surface area contributed by atoms with Crippen LogP contribution in [0.4, 0.5) is 4.39 Å². The number of hydrogen-bond donors (Lipinski definition) is 2. The average Bonchev–Trinajstić information content (AvgIpc) is 2.57. The van der Waals surface area contributed by atoms with E-state index in [-0.39, 0.29) is 23.6 Å². The first-order valence-corrected chi connectivity index (χ1v) is 8.46. The molecule has 1 fully saturated rings. The van der Waals surface area contributed by atoms with Crippen molar-refractivity contribution in [2.75, 3.05) is 0 Å². The third-order valence-corrected chi connectivity index (χ3v) is 4.71. The van der Waals surface area contributed by atoms with E-state index in [2.05, 4.69) is 5.32 Å². The van der Waals surface area contributed by atoms with E-state index in [0.717, 1.165) is 42.4 Å². The van der Waals surface area contributed by atoms with E-state index >= 15 is 0 Å². The lowest BCUT2D eigenvalue weighted by atomic mass is 9.91. The molecular weight excluding hydrogens is 303 g/mol. The SMILES string of the molecule is Cc1ccc(-c2ccc(C(=O)NC3CCC(N)CC3)c(F)c2)cc1. The maximum Gasteiger partial charge on any atom is 0.254 e. The van der Waals surface area contributed by atoms with Gasteiger partial charge < -0.3 is 11.1 Å². The first-order chi connectivity index (χ1) is 11.5. The highest BCUT2D eigenvalue weighted by Crippen LogP contribution is 2.23. The molecule has 3 N–H and O–H groups in total. The quantitative estimate of drug-likeness (QED) is 0.901. The topological polar surface area (TPSA) is 55.1 Å². The molecule has 2 aromatic rings. The van der Waals surface area contributed by atoms with Gasteiger partial charge in [0.25, 0.3) is 5.91 Å². The van der Waals surface area contributed by atoms with Gasteiger partial charge in [0.05, 0.1) is 5.56 Å². The molecule has 4 heteroatoms. The van der Waals surface area contributed by atoms with Gasteiger partial charge in [-0.15, -0.1) is 0 Å². The van der Waals surface area contributed by atoms with Crippen LogP contribution < -0.4 is 11.1 Å². The Morgan fingerprint density at radius 2 is 1.67 bits per heavy atom. The molecule has 0 unspecified atom stereocenters. The molecular formula is C20H23FN2O. The van der Waals surface area contributed by atoms with E-state index in [0.29, 0.717) is 0 Å². The lowest BCUT2D eigenvalue weighted by molar-refractivity contribution is 0.0922. The summed E-state index contributed by atoms with van der Waals surface area (Å²) in [6.07, 6.45) is 3.52. The molecule has 1 saturated carbocycles. The van der Waals surface area contributed by atoms with Gasteiger partial charge in [0.1, 0.15) is 5.82 Å². The Morgan fingerprint density at radius 1 is 1.04 bits per heavy atom. The molecule has 126 valence electrons. The standard InChI is InChI=1S/C20H23FN2O/c1-13-2-4-14(5-3-13)15-6-11-18(19(21)12-15)20(24)23-17-9-7-16(22)8-10-17/h2-6,11-12,16-17H,7-10,22H2,1H3,(H,23,24). The van der Waals surface area contributed by atoms with Crippen molar-refractivity contribution in [2.45, 2.75) is 44.7 Å². The molecule has 1 aliphatic rings. The van der Waals surface area contributed by atoms with Gasteiger partial charge in [-0.25, -0.2) is 4.39 Å². The fourth-order valence-corrected chi connectivity index (χ4v) is 3.15. The van der Waals surface area contributed by atoms with E-state index in [1.54, 1.807) is 12.1 Å². The van der Waals surface area contributed by atoms with Crippen molar-refractivity contribution in [3.05, 3.63) is 59.4 Å². The van der Waals surface area contributed by atoms with Crippen molar-refractivity contribution >= 4 is 5.91 Å². The summed E-state index contributed by atoms with van der Waals surface area (Å²) in [5.74, 6) is -0.832. The van der Waals surface area contributed by atoms with Gasteiger partial charge in [-0.05, 0) is 55.9 Å². The molecule has 3 nitrogen and oxygen atoms in total. The molecule has 1 aliphatic carbocycles. The second kappa shape index (κ2) is 7.14. The van der Waals surface area contributed by atoms with Crippen molar-refractivity contribution in [3.63, 3.8) is 0 Å². The van der Waals surface area contributed by atoms with Gasteiger partial charge in [-0.1, -0.05) is 35.9 Å². The number of aryl methyl sites for hydroxylation is 1. The van der Waals surface area contributed by atoms with Gasteiger partial charge in [-0.2, -0.15) is 0 Å². The number of hydrogen-bond acceptors (Lipinski definition) is 2. The van der Waals surface area contributed by atoms with Crippen LogP contribution >= 0.6 is 0 Å². The number of amides is 1. The predicted molar refractivity (Wildman–Crippen MR) is 94.3 cm³/mol. The molecule has 0 aliphatic heterocycles. The maximum absolute atomic E-state index is 14.4. The molecule has 0 aromatic heterocycles. The minimum atomic E-state index is -0.488. The molecule has 0 radical (unpaired) electrons. The Bertz CT molecular complexity index is 719. The molecule has 3 rings (SSSR count). The minimum absolute atomic E-state index is 0.0912. The molecule has 24 heavy (non-hydrogen) atoms. The van der Waals surface area contributed by atoms with Gasteiger partial charge >= 0.3 is 0 Å². The summed E-state index contributed by atoms with van der Waals surface area (Å²) in [6.45, 7) is 2.01. The van der Waals surface area contributed by atoms with Crippen molar-refractivity contribution < 1.29 is 9.18 Å². The van der Waals surface area contributed by atoms with E-state index in [9.17, 15) is 9.18 Å². The first-order valence-electron chi connectivity index (χ1n) is 8.46. The Hall–Kier alpha value is -2.20. The van der Waals surface area contributed by atoms with Gasteiger partial charge in [0, 0.05) is 12.1 Å². The number of nitrogens with one attached hydrogen (secondary N) is 1. The Morgan fingerprint density at radius 3 is 2.29 bits per heavy atom. The minimum Gasteiger partial charge on any atom is -0.349 e. The van der Waals surface area contributed by atoms with Gasteiger partial charge in [0.2, 0.25) is 0 Å². The highest BCUT2D eigenvalue weighted by atomic mass is 19.1. The van der Waals surface area contributed by atoms with Crippen LogP contribution in [-0.2, 0) is 0 Å². The van der Waals surface area contributed by atoms with Crippen LogP contribution in [0.3, 0.4) is 0 Å². The zero-order valence-electron chi connectivity index (χ0n) is 13.9. The van der Waals surface area contributed by atoms with Gasteiger partial charge in [-0.3, -0.25) is 4.79 Å². The van der Waals surface area contributed by atoms with E-state index < -0.39 is 5.82 Å². The van der Waals surface area contributed by atoms with Gasteiger partial charge in [0.15, 0.2) is 0 Å². The van der Waals surface area contributed by atoms with Crippen LogP contribution in [0.25, 0.3) is 11.1 Å². The fourth-order valence-electron chi connectivity index (χ4n) is 3.15. The summed E-state index contributed by atoms with van der Waals surface area (Å²) in [5, 5.41) is 2.93. The third-order valence-electron chi connectivity index (χ3n) is 4.71. The summed E-state index contributed by atoms with van der Waals surface area (Å²) in [7, 11) is 0. The number of halogens is 1. The van der Waals surface area contributed by atoms with E-state index in [1.165, 1.54) is 6.07 Å². The first kappa shape index (κ1) is 16.7. The average molecular weight is 326 g/mol. The van der Waals surface area contributed by atoms with Crippen LogP contribution in [-0.4, -0.2) is 18.0 Å². The molecule has 0 bridgehead atoms. The Labute approximate surface area is 142 Å². The summed E-state index contributed by atoms with van der Waals surface area (Å²) in [4.78, 5) is 12.3. The Balaban J connectivity index is 1.72. The number of rotatable bonds is 3. The van der Waals surface area contributed by atoms with Crippen molar-refractivity contribution in [1.82, 2.24) is 5.32 Å². The Kier molecular flexibility index (Phi) is 4.95. The summed E-state index contributed by atoms with van der Waals surface area (Å²) >= 11 is 0. The summed E-state index contributed by atoms with van der Waals surface area (Å²) in [5.41, 5.74) is 8.83. The lowest BCUT2D eigenvalue weighted by Crippen LogP contribution is -2.40. The third kappa shape index (κ3) is 3.82. The molecule has 0 atom stereocenters. The van der Waals surface area contributed by atoms with Crippen LogP contribution in [0.1, 0.15) is 41.6 Å². The molecule has 2 aromatic carbocycles. The van der Waals surface area contributed by atoms with Crippen molar-refractivity contribution in [1.29, 1.82) is 0 Å². The monoisotopic (exact) mass is 326 g/mol. The molecule has 0 heterocycles. The number of benzene rings is 2. The number of carbonyl (C=O) groups is 1. The smallest absolute Gasteiger partial charge is 0.254 e. The van der Waals surface area contributed by atoms with Crippen LogP contribution in [0.2, 0.25) is 0 Å². The van der Waals surface area contributed by atoms with Crippen LogP contribution in [0.15, 0.2) is 42.5 Å². The van der Waals surface area contributed by atoms with E-state index in [1.807, 2.05) is 31.2 Å². The highest BCUT2D eigenvalue weighted by molar-refractivity contribution is 5.95. The summed E-state index contributed by atoms with van der Waals surface area (Å²) in [6, 6.07) is 13.0. The predicted octanol–water partition coefficient (Wildman–Crippen LogP) is 3.80. The number of carbonyl (C=O) groups excluding carboxylic acids is 1. The number of nitrogens with two attached hydrogens (primary N) is 1. The van der Waals surface area contributed by atoms with Crippen LogP contribution in [0.5, 0.6) is 0 Å². The maximum atomic E-state index is 14.4. The second-order valence-electron chi connectivity index (χ2n) is 6.65. The molecule has 1 amide bonds. The van der Waals surface area contributed by atoms with Crippen molar-refractivity contribution in [2.24, 2.45) is 5.73 Å². The molecule has 0 saturated heterocycles. The zero-order valence-corrected chi connectivity index (χ0v) is 13.9. The second-order valence-corrected chi connectivity index (χ2v) is 6.65.